The number of para-hydroxylation sites is 2. The van der Waals surface area contributed by atoms with Crippen LogP contribution in [0.1, 0.15) is 13.3 Å². The molecule has 0 unspecified atom stereocenters. The van der Waals surface area contributed by atoms with Crippen LogP contribution in [0.4, 0.5) is 11.6 Å². The molecule has 2 heterocycles. The molecule has 11 heteroatoms. The number of hydrogen-bond acceptors (Lipinski definition) is 9. The van der Waals surface area contributed by atoms with Gasteiger partial charge in [0, 0.05) is 19.8 Å². The highest BCUT2D eigenvalue weighted by atomic mass is 32.2. The SMILES string of the molecule is CCOCCCNc1nc2ccccc2nc1NS(=O)(=O)c1cccc2nsnc12. The maximum absolute atomic E-state index is 13.1. The maximum Gasteiger partial charge on any atom is 0.265 e. The summed E-state index contributed by atoms with van der Waals surface area (Å²) in [6.07, 6.45) is 0.748. The summed E-state index contributed by atoms with van der Waals surface area (Å²) in [5.41, 5.74) is 2.11. The van der Waals surface area contributed by atoms with E-state index in [9.17, 15) is 8.42 Å². The van der Waals surface area contributed by atoms with Gasteiger partial charge in [0.25, 0.3) is 10.0 Å². The second-order valence-electron chi connectivity index (χ2n) is 6.38. The van der Waals surface area contributed by atoms with Crippen molar-refractivity contribution in [1.29, 1.82) is 0 Å². The third-order valence-corrected chi connectivity index (χ3v) is 6.22. The van der Waals surface area contributed by atoms with Crippen molar-refractivity contribution in [2.45, 2.75) is 18.2 Å². The smallest absolute Gasteiger partial charge is 0.265 e. The van der Waals surface area contributed by atoms with E-state index in [1.165, 1.54) is 6.07 Å². The van der Waals surface area contributed by atoms with Crippen LogP contribution in [-0.4, -0.2) is 46.9 Å². The molecule has 0 aliphatic rings. The number of anilines is 2. The Morgan fingerprint density at radius 1 is 0.967 bits per heavy atom. The number of rotatable bonds is 9. The average Bonchev–Trinajstić information content (AvgIpc) is 3.22. The lowest BCUT2D eigenvalue weighted by atomic mass is 10.3. The first-order chi connectivity index (χ1) is 14.6. The van der Waals surface area contributed by atoms with Gasteiger partial charge in [-0.25, -0.2) is 18.4 Å². The van der Waals surface area contributed by atoms with Gasteiger partial charge in [-0.3, -0.25) is 4.72 Å². The van der Waals surface area contributed by atoms with Gasteiger partial charge in [0.05, 0.1) is 22.8 Å². The van der Waals surface area contributed by atoms with Crippen molar-refractivity contribution in [3.63, 3.8) is 0 Å². The van der Waals surface area contributed by atoms with Gasteiger partial charge in [0.1, 0.15) is 15.9 Å². The molecule has 2 N–H and O–H groups in total. The number of nitrogens with zero attached hydrogens (tertiary/aromatic N) is 4. The standard InChI is InChI=1S/C19H20N6O3S2/c1-2-28-12-6-11-20-18-19(22-14-8-4-3-7-13(14)21-18)25-30(26,27)16-10-5-9-15-17(16)24-29-23-15/h3-5,7-10H,2,6,11-12H2,1H3,(H,20,21)(H,22,25). The summed E-state index contributed by atoms with van der Waals surface area (Å²) in [6.45, 7) is 3.75. The van der Waals surface area contributed by atoms with Crippen molar-refractivity contribution >= 4 is 55.5 Å². The van der Waals surface area contributed by atoms with Crippen LogP contribution in [0.2, 0.25) is 0 Å². The number of hydrogen-bond donors (Lipinski definition) is 2. The van der Waals surface area contributed by atoms with Gasteiger partial charge in [-0.15, -0.1) is 0 Å². The fourth-order valence-electron chi connectivity index (χ4n) is 2.90. The van der Waals surface area contributed by atoms with Gasteiger partial charge in [0.15, 0.2) is 11.6 Å². The molecule has 30 heavy (non-hydrogen) atoms. The Morgan fingerprint density at radius 2 is 1.70 bits per heavy atom. The van der Waals surface area contributed by atoms with Gasteiger partial charge < -0.3 is 10.1 Å². The number of sulfonamides is 1. The first kappa shape index (κ1) is 20.4. The zero-order valence-corrected chi connectivity index (χ0v) is 17.8. The van der Waals surface area contributed by atoms with Crippen molar-refractivity contribution in [2.24, 2.45) is 0 Å². The quantitative estimate of drug-likeness (QED) is 0.378. The van der Waals surface area contributed by atoms with Crippen LogP contribution in [0.15, 0.2) is 47.4 Å². The van der Waals surface area contributed by atoms with Crippen LogP contribution in [0.25, 0.3) is 22.1 Å². The molecule has 0 amide bonds. The van der Waals surface area contributed by atoms with E-state index in [1.807, 2.05) is 25.1 Å². The van der Waals surface area contributed by atoms with Gasteiger partial charge in [-0.1, -0.05) is 18.2 Å². The van der Waals surface area contributed by atoms with E-state index in [-0.39, 0.29) is 10.7 Å². The lowest BCUT2D eigenvalue weighted by Gasteiger charge is -2.14. The highest BCUT2D eigenvalue weighted by molar-refractivity contribution is 7.93. The summed E-state index contributed by atoms with van der Waals surface area (Å²) in [5, 5.41) is 3.16. The molecule has 4 rings (SSSR count). The Bertz CT molecular complexity index is 1280. The number of benzene rings is 2. The second kappa shape index (κ2) is 8.86. The van der Waals surface area contributed by atoms with E-state index in [2.05, 4.69) is 28.8 Å². The number of nitrogens with one attached hydrogen (secondary N) is 2. The van der Waals surface area contributed by atoms with Crippen molar-refractivity contribution in [1.82, 2.24) is 18.7 Å². The minimum Gasteiger partial charge on any atom is -0.382 e. The molecule has 0 spiro atoms. The van der Waals surface area contributed by atoms with E-state index in [0.717, 1.165) is 18.1 Å². The Kier molecular flexibility index (Phi) is 6.02. The molecule has 0 radical (unpaired) electrons. The molecule has 0 saturated carbocycles. The van der Waals surface area contributed by atoms with Crippen LogP contribution in [0, 0.1) is 0 Å². The van der Waals surface area contributed by atoms with Crippen molar-refractivity contribution in [3.8, 4) is 0 Å². The van der Waals surface area contributed by atoms with Crippen molar-refractivity contribution in [3.05, 3.63) is 42.5 Å². The molecule has 9 nitrogen and oxygen atoms in total. The molecule has 4 aromatic rings. The fraction of sp³-hybridized carbons (Fsp3) is 0.263. The maximum atomic E-state index is 13.1. The van der Waals surface area contributed by atoms with Crippen LogP contribution in [-0.2, 0) is 14.8 Å². The van der Waals surface area contributed by atoms with Gasteiger partial charge in [0.2, 0.25) is 0 Å². The van der Waals surface area contributed by atoms with E-state index in [1.54, 1.807) is 18.2 Å². The number of ether oxygens (including phenoxy) is 1. The third-order valence-electron chi connectivity index (χ3n) is 4.30. The lowest BCUT2D eigenvalue weighted by molar-refractivity contribution is 0.147. The first-order valence-electron chi connectivity index (χ1n) is 9.41. The third kappa shape index (κ3) is 4.32. The fourth-order valence-corrected chi connectivity index (χ4v) is 4.68. The van der Waals surface area contributed by atoms with Crippen LogP contribution in [0.3, 0.4) is 0 Å². The van der Waals surface area contributed by atoms with Crippen molar-refractivity contribution < 1.29 is 13.2 Å². The van der Waals surface area contributed by atoms with Gasteiger partial charge in [-0.05, 0) is 37.6 Å². The minimum atomic E-state index is -3.95. The highest BCUT2D eigenvalue weighted by Gasteiger charge is 2.22. The molecule has 0 bridgehead atoms. The van der Waals surface area contributed by atoms with Crippen LogP contribution < -0.4 is 10.0 Å². The van der Waals surface area contributed by atoms with Gasteiger partial charge >= 0.3 is 0 Å². The summed E-state index contributed by atoms with van der Waals surface area (Å²) in [7, 11) is -3.95. The Balaban J connectivity index is 1.67. The molecule has 0 aliphatic heterocycles. The van der Waals surface area contributed by atoms with Crippen LogP contribution in [0.5, 0.6) is 0 Å². The summed E-state index contributed by atoms with van der Waals surface area (Å²) in [6, 6.07) is 12.1. The Morgan fingerprint density at radius 3 is 2.47 bits per heavy atom. The largest absolute Gasteiger partial charge is 0.382 e. The molecule has 0 saturated heterocycles. The Labute approximate surface area is 177 Å². The summed E-state index contributed by atoms with van der Waals surface area (Å²) in [4.78, 5) is 9.09. The van der Waals surface area contributed by atoms with E-state index >= 15 is 0 Å². The summed E-state index contributed by atoms with van der Waals surface area (Å²) in [5.74, 6) is 0.489. The van der Waals surface area contributed by atoms with Crippen molar-refractivity contribution in [2.75, 3.05) is 29.8 Å². The first-order valence-corrected chi connectivity index (χ1v) is 11.6. The predicted octanol–water partition coefficient (Wildman–Crippen LogP) is 3.27. The second-order valence-corrected chi connectivity index (χ2v) is 8.56. The monoisotopic (exact) mass is 444 g/mol. The molecule has 2 aromatic heterocycles. The molecule has 156 valence electrons. The molecule has 0 atom stereocenters. The Hall–Kier alpha value is -2.89. The van der Waals surface area contributed by atoms with Gasteiger partial charge in [-0.2, -0.15) is 8.75 Å². The summed E-state index contributed by atoms with van der Waals surface area (Å²) >= 11 is 0.968. The lowest BCUT2D eigenvalue weighted by Crippen LogP contribution is -2.17. The number of aromatic nitrogens is 4. The molecule has 0 aliphatic carbocycles. The van der Waals surface area contributed by atoms with Crippen LogP contribution >= 0.6 is 11.7 Å². The topological polar surface area (TPSA) is 119 Å². The van der Waals surface area contributed by atoms with E-state index in [0.29, 0.717) is 47.6 Å². The average molecular weight is 445 g/mol. The predicted molar refractivity (Wildman–Crippen MR) is 117 cm³/mol. The molecular formula is C19H20N6O3S2. The summed E-state index contributed by atoms with van der Waals surface area (Å²) < 4.78 is 42.4. The number of fused-ring (bicyclic) bond motifs is 2. The normalized spacial score (nSPS) is 11.8. The zero-order chi connectivity index (χ0) is 21.0. The molecule has 2 aromatic carbocycles. The highest BCUT2D eigenvalue weighted by Crippen LogP contribution is 2.27. The minimum absolute atomic E-state index is 0.0472. The van der Waals surface area contributed by atoms with E-state index in [4.69, 9.17) is 4.74 Å². The zero-order valence-electron chi connectivity index (χ0n) is 16.2. The molecular weight excluding hydrogens is 424 g/mol. The molecule has 0 fully saturated rings. The van der Waals surface area contributed by atoms with E-state index < -0.39 is 10.0 Å².